The van der Waals surface area contributed by atoms with Crippen LogP contribution in [0.1, 0.15) is 44.9 Å². The molecule has 1 unspecified atom stereocenters. The number of likely N-dealkylation sites (tertiary alicyclic amines) is 1. The van der Waals surface area contributed by atoms with Crippen LogP contribution in [0.2, 0.25) is 0 Å². The molecule has 1 saturated carbocycles. The fourth-order valence-electron chi connectivity index (χ4n) is 3.23. The highest BCUT2D eigenvalue weighted by Gasteiger charge is 2.24. The lowest BCUT2D eigenvalue weighted by atomic mass is 9.89. The Morgan fingerprint density at radius 2 is 1.80 bits per heavy atom. The van der Waals surface area contributed by atoms with E-state index in [1.165, 1.54) is 58.2 Å². The lowest BCUT2D eigenvalue weighted by molar-refractivity contribution is 0.217. The number of hydrogen-bond donors (Lipinski definition) is 1. The lowest BCUT2D eigenvalue weighted by Crippen LogP contribution is -2.28. The van der Waals surface area contributed by atoms with Crippen LogP contribution in [0, 0.1) is 11.8 Å². The molecule has 1 aliphatic heterocycles. The van der Waals surface area contributed by atoms with E-state index in [9.17, 15) is 0 Å². The summed E-state index contributed by atoms with van der Waals surface area (Å²) in [5.74, 6) is 1.75. The fraction of sp³-hybridized carbons (Fsp3) is 1.00. The number of aliphatic hydroxyl groups excluding tert-OH is 1. The van der Waals surface area contributed by atoms with E-state index in [1.54, 1.807) is 0 Å². The lowest BCUT2D eigenvalue weighted by Gasteiger charge is -2.26. The summed E-state index contributed by atoms with van der Waals surface area (Å²) in [4.78, 5) is 2.64. The van der Waals surface area contributed by atoms with Crippen molar-refractivity contribution in [1.82, 2.24) is 4.90 Å². The Hall–Kier alpha value is -0.0800. The maximum absolute atomic E-state index is 8.92. The molecule has 2 rings (SSSR count). The molecule has 1 N–H and O–H groups in total. The van der Waals surface area contributed by atoms with Gasteiger partial charge in [0.05, 0.1) is 0 Å². The zero-order chi connectivity index (χ0) is 10.5. The molecule has 0 aromatic rings. The smallest absolute Gasteiger partial charge is 0.0434 e. The van der Waals surface area contributed by atoms with Gasteiger partial charge in [0.15, 0.2) is 0 Å². The molecule has 2 heteroatoms. The Labute approximate surface area is 93.7 Å². The van der Waals surface area contributed by atoms with E-state index in [0.717, 1.165) is 18.3 Å². The van der Waals surface area contributed by atoms with Gasteiger partial charge in [0.25, 0.3) is 0 Å². The molecular formula is C13H25NO. The second-order valence-corrected chi connectivity index (χ2v) is 5.43. The predicted molar refractivity (Wildman–Crippen MR) is 62.8 cm³/mol. The highest BCUT2D eigenvalue weighted by molar-refractivity contribution is 4.78. The maximum Gasteiger partial charge on any atom is 0.0434 e. The summed E-state index contributed by atoms with van der Waals surface area (Å²) in [6.07, 6.45) is 9.62. The van der Waals surface area contributed by atoms with Crippen molar-refractivity contribution in [1.29, 1.82) is 0 Å². The quantitative estimate of drug-likeness (QED) is 0.771. The van der Waals surface area contributed by atoms with Gasteiger partial charge >= 0.3 is 0 Å². The summed E-state index contributed by atoms with van der Waals surface area (Å²) >= 11 is 0. The van der Waals surface area contributed by atoms with Gasteiger partial charge < -0.3 is 10.0 Å². The second kappa shape index (κ2) is 5.86. The zero-order valence-electron chi connectivity index (χ0n) is 9.83. The molecule has 0 aromatic heterocycles. The topological polar surface area (TPSA) is 23.5 Å². The monoisotopic (exact) mass is 211 g/mol. The molecule has 2 fully saturated rings. The minimum Gasteiger partial charge on any atom is -0.396 e. The predicted octanol–water partition coefficient (Wildman–Crippen LogP) is 2.27. The first-order valence-electron chi connectivity index (χ1n) is 6.71. The SMILES string of the molecule is OCCC1CCN(CC2CCCCC2)C1. The molecule has 1 aliphatic carbocycles. The van der Waals surface area contributed by atoms with E-state index in [-0.39, 0.29) is 0 Å². The summed E-state index contributed by atoms with van der Waals surface area (Å²) in [5, 5.41) is 8.92. The van der Waals surface area contributed by atoms with Gasteiger partial charge in [-0.15, -0.1) is 0 Å². The van der Waals surface area contributed by atoms with Gasteiger partial charge in [-0.2, -0.15) is 0 Å². The summed E-state index contributed by atoms with van der Waals surface area (Å²) in [7, 11) is 0. The van der Waals surface area contributed by atoms with Crippen molar-refractivity contribution < 1.29 is 5.11 Å². The third-order valence-electron chi connectivity index (χ3n) is 4.15. The largest absolute Gasteiger partial charge is 0.396 e. The second-order valence-electron chi connectivity index (χ2n) is 5.43. The summed E-state index contributed by atoms with van der Waals surface area (Å²) in [6.45, 7) is 4.24. The Bertz CT molecular complexity index is 177. The van der Waals surface area contributed by atoms with Crippen LogP contribution in [-0.2, 0) is 0 Å². The molecule has 1 heterocycles. The van der Waals surface area contributed by atoms with Crippen molar-refractivity contribution in [3.05, 3.63) is 0 Å². The van der Waals surface area contributed by atoms with Crippen molar-refractivity contribution in [2.75, 3.05) is 26.2 Å². The van der Waals surface area contributed by atoms with Crippen LogP contribution in [0.5, 0.6) is 0 Å². The summed E-state index contributed by atoms with van der Waals surface area (Å²) < 4.78 is 0. The van der Waals surface area contributed by atoms with Crippen molar-refractivity contribution >= 4 is 0 Å². The van der Waals surface area contributed by atoms with Gasteiger partial charge in [0.2, 0.25) is 0 Å². The van der Waals surface area contributed by atoms with E-state index in [0.29, 0.717) is 6.61 Å². The molecule has 0 bridgehead atoms. The minimum atomic E-state index is 0.377. The molecule has 15 heavy (non-hydrogen) atoms. The highest BCUT2D eigenvalue weighted by Crippen LogP contribution is 2.27. The maximum atomic E-state index is 8.92. The molecular weight excluding hydrogens is 186 g/mol. The first-order chi connectivity index (χ1) is 7.38. The van der Waals surface area contributed by atoms with Gasteiger partial charge in [0, 0.05) is 19.7 Å². The van der Waals surface area contributed by atoms with Gasteiger partial charge in [-0.1, -0.05) is 19.3 Å². The van der Waals surface area contributed by atoms with E-state index in [4.69, 9.17) is 5.11 Å². The van der Waals surface area contributed by atoms with Crippen molar-refractivity contribution in [2.24, 2.45) is 11.8 Å². The Balaban J connectivity index is 1.67. The van der Waals surface area contributed by atoms with E-state index >= 15 is 0 Å². The number of hydrogen-bond acceptors (Lipinski definition) is 2. The third kappa shape index (κ3) is 3.46. The van der Waals surface area contributed by atoms with E-state index in [2.05, 4.69) is 4.90 Å². The van der Waals surface area contributed by atoms with Crippen LogP contribution in [0.4, 0.5) is 0 Å². The zero-order valence-corrected chi connectivity index (χ0v) is 9.83. The summed E-state index contributed by atoms with van der Waals surface area (Å²) in [5.41, 5.74) is 0. The normalized spacial score (nSPS) is 29.8. The van der Waals surface area contributed by atoms with Crippen LogP contribution in [0.25, 0.3) is 0 Å². The first kappa shape index (κ1) is 11.4. The number of rotatable bonds is 4. The van der Waals surface area contributed by atoms with Crippen LogP contribution < -0.4 is 0 Å². The van der Waals surface area contributed by atoms with Crippen molar-refractivity contribution in [2.45, 2.75) is 44.9 Å². The van der Waals surface area contributed by atoms with Gasteiger partial charge in [-0.3, -0.25) is 0 Å². The van der Waals surface area contributed by atoms with E-state index in [1.807, 2.05) is 0 Å². The first-order valence-corrected chi connectivity index (χ1v) is 6.71. The molecule has 0 amide bonds. The molecule has 0 radical (unpaired) electrons. The molecule has 2 aliphatic rings. The van der Waals surface area contributed by atoms with Crippen molar-refractivity contribution in [3.8, 4) is 0 Å². The standard InChI is InChI=1S/C13H25NO/c15-9-7-13-6-8-14(11-13)10-12-4-2-1-3-5-12/h12-13,15H,1-11H2. The molecule has 0 spiro atoms. The van der Waals surface area contributed by atoms with Crippen LogP contribution >= 0.6 is 0 Å². The Morgan fingerprint density at radius 1 is 1.00 bits per heavy atom. The Kier molecular flexibility index (Phi) is 4.45. The summed E-state index contributed by atoms with van der Waals surface area (Å²) in [6, 6.07) is 0. The molecule has 88 valence electrons. The van der Waals surface area contributed by atoms with Crippen LogP contribution in [-0.4, -0.2) is 36.2 Å². The fourth-order valence-corrected chi connectivity index (χ4v) is 3.23. The minimum absolute atomic E-state index is 0.377. The van der Waals surface area contributed by atoms with Gasteiger partial charge in [-0.05, 0) is 44.1 Å². The number of nitrogens with zero attached hydrogens (tertiary/aromatic N) is 1. The van der Waals surface area contributed by atoms with Gasteiger partial charge in [-0.25, -0.2) is 0 Å². The Morgan fingerprint density at radius 3 is 2.53 bits per heavy atom. The average Bonchev–Trinajstić information content (AvgIpc) is 2.68. The highest BCUT2D eigenvalue weighted by atomic mass is 16.3. The molecule has 2 nitrogen and oxygen atoms in total. The van der Waals surface area contributed by atoms with Crippen LogP contribution in [0.3, 0.4) is 0 Å². The van der Waals surface area contributed by atoms with Crippen LogP contribution in [0.15, 0.2) is 0 Å². The van der Waals surface area contributed by atoms with Crippen molar-refractivity contribution in [3.63, 3.8) is 0 Å². The number of aliphatic hydroxyl groups is 1. The third-order valence-corrected chi connectivity index (χ3v) is 4.15. The van der Waals surface area contributed by atoms with Gasteiger partial charge in [0.1, 0.15) is 0 Å². The molecule has 0 aromatic carbocycles. The molecule has 1 saturated heterocycles. The molecule has 1 atom stereocenters. The van der Waals surface area contributed by atoms with E-state index < -0.39 is 0 Å². The average molecular weight is 211 g/mol.